The van der Waals surface area contributed by atoms with E-state index in [-0.39, 0.29) is 24.2 Å². The predicted octanol–water partition coefficient (Wildman–Crippen LogP) is 1.20. The molecule has 27 heavy (non-hydrogen) atoms. The van der Waals surface area contributed by atoms with Crippen LogP contribution in [0, 0.1) is 5.92 Å². The van der Waals surface area contributed by atoms with Gasteiger partial charge in [-0.15, -0.1) is 0 Å². The number of hydrogen-bond acceptors (Lipinski definition) is 4. The van der Waals surface area contributed by atoms with Crippen molar-refractivity contribution in [1.82, 2.24) is 15.2 Å². The molecule has 144 valence electrons. The van der Waals surface area contributed by atoms with Crippen LogP contribution < -0.4 is 10.9 Å². The third-order valence-electron chi connectivity index (χ3n) is 4.85. The Hall–Kier alpha value is -2.45. The summed E-state index contributed by atoms with van der Waals surface area (Å²) in [6.45, 7) is 0.641. The van der Waals surface area contributed by atoms with E-state index in [0.717, 1.165) is 16.3 Å². The highest BCUT2D eigenvalue weighted by atomic mass is 32.2. The zero-order valence-corrected chi connectivity index (χ0v) is 16.0. The third-order valence-corrected chi connectivity index (χ3v) is 6.15. The normalized spacial score (nSPS) is 16.2. The Balaban J connectivity index is 1.51. The van der Waals surface area contributed by atoms with Gasteiger partial charge in [-0.05, 0) is 29.2 Å². The molecule has 2 N–H and O–H groups in total. The molecule has 0 bridgehead atoms. The molecule has 0 atom stereocenters. The van der Waals surface area contributed by atoms with E-state index in [2.05, 4.69) is 10.9 Å². The van der Waals surface area contributed by atoms with Crippen LogP contribution in [-0.4, -0.2) is 43.9 Å². The zero-order chi connectivity index (χ0) is 19.4. The second kappa shape index (κ2) is 8.06. The largest absolute Gasteiger partial charge is 0.273 e. The first kappa shape index (κ1) is 19.3. The van der Waals surface area contributed by atoms with E-state index in [4.69, 9.17) is 0 Å². The smallest absolute Gasteiger partial charge is 0.242 e. The fourth-order valence-corrected chi connectivity index (χ4v) is 4.22. The van der Waals surface area contributed by atoms with E-state index in [1.807, 2.05) is 42.5 Å². The first-order valence-corrected chi connectivity index (χ1v) is 10.7. The van der Waals surface area contributed by atoms with Crippen molar-refractivity contribution < 1.29 is 18.0 Å². The zero-order valence-electron chi connectivity index (χ0n) is 15.1. The molecule has 2 amide bonds. The number of hydrogen-bond donors (Lipinski definition) is 2. The summed E-state index contributed by atoms with van der Waals surface area (Å²) in [5.41, 5.74) is 5.82. The summed E-state index contributed by atoms with van der Waals surface area (Å²) in [7, 11) is -3.22. The number of hydrazine groups is 1. The fourth-order valence-electron chi connectivity index (χ4n) is 3.35. The van der Waals surface area contributed by atoms with E-state index in [1.165, 1.54) is 10.6 Å². The molecular formula is C19H23N3O4S. The van der Waals surface area contributed by atoms with Crippen molar-refractivity contribution in [1.29, 1.82) is 0 Å². The Labute approximate surface area is 158 Å². The van der Waals surface area contributed by atoms with E-state index < -0.39 is 10.0 Å². The van der Waals surface area contributed by atoms with E-state index in [0.29, 0.717) is 25.9 Å². The minimum atomic E-state index is -3.22. The van der Waals surface area contributed by atoms with E-state index >= 15 is 0 Å². The Kier molecular flexibility index (Phi) is 5.76. The maximum Gasteiger partial charge on any atom is 0.242 e. The number of piperidine rings is 1. The molecule has 2 aromatic carbocycles. The van der Waals surface area contributed by atoms with Crippen LogP contribution in [-0.2, 0) is 26.0 Å². The highest BCUT2D eigenvalue weighted by Crippen LogP contribution is 2.20. The highest BCUT2D eigenvalue weighted by molar-refractivity contribution is 7.88. The van der Waals surface area contributed by atoms with Crippen LogP contribution in [0.2, 0.25) is 0 Å². The fraction of sp³-hybridized carbons (Fsp3) is 0.368. The van der Waals surface area contributed by atoms with Crippen LogP contribution in [0.5, 0.6) is 0 Å². The van der Waals surface area contributed by atoms with Crippen LogP contribution >= 0.6 is 0 Å². The average molecular weight is 389 g/mol. The van der Waals surface area contributed by atoms with Crippen molar-refractivity contribution in [2.45, 2.75) is 19.3 Å². The van der Waals surface area contributed by atoms with Gasteiger partial charge in [-0.1, -0.05) is 42.5 Å². The van der Waals surface area contributed by atoms with Gasteiger partial charge in [-0.2, -0.15) is 0 Å². The molecule has 1 heterocycles. The molecule has 3 rings (SSSR count). The number of nitrogens with zero attached hydrogens (tertiary/aromatic N) is 1. The van der Waals surface area contributed by atoms with E-state index in [9.17, 15) is 18.0 Å². The van der Waals surface area contributed by atoms with Gasteiger partial charge in [-0.3, -0.25) is 20.4 Å². The summed E-state index contributed by atoms with van der Waals surface area (Å²) in [6, 6.07) is 13.6. The van der Waals surface area contributed by atoms with Crippen molar-refractivity contribution in [2.24, 2.45) is 5.92 Å². The lowest BCUT2D eigenvalue weighted by molar-refractivity contribution is -0.131. The quantitative estimate of drug-likeness (QED) is 0.768. The minimum absolute atomic E-state index is 0.161. The number of carbonyl (C=O) groups is 2. The van der Waals surface area contributed by atoms with Crippen molar-refractivity contribution in [3.63, 3.8) is 0 Å². The molecule has 0 unspecified atom stereocenters. The Bertz CT molecular complexity index is 945. The van der Waals surface area contributed by atoms with Crippen LogP contribution in [0.1, 0.15) is 18.4 Å². The molecule has 0 aliphatic carbocycles. The van der Waals surface area contributed by atoms with Gasteiger partial charge in [-0.25, -0.2) is 12.7 Å². The number of rotatable bonds is 4. The SMILES string of the molecule is CS(=O)(=O)N1CCC(C(=O)NNC(=O)Cc2cccc3ccccc23)CC1. The van der Waals surface area contributed by atoms with Gasteiger partial charge in [0.2, 0.25) is 21.8 Å². The number of sulfonamides is 1. The maximum atomic E-state index is 12.2. The van der Waals surface area contributed by atoms with Gasteiger partial charge in [0.15, 0.2) is 0 Å². The van der Waals surface area contributed by atoms with E-state index in [1.54, 1.807) is 0 Å². The molecule has 1 saturated heterocycles. The first-order valence-electron chi connectivity index (χ1n) is 8.85. The summed E-state index contributed by atoms with van der Waals surface area (Å²) < 4.78 is 24.4. The molecule has 1 aliphatic rings. The first-order chi connectivity index (χ1) is 12.8. The molecule has 7 nitrogen and oxygen atoms in total. The summed E-state index contributed by atoms with van der Waals surface area (Å²) in [5, 5.41) is 2.07. The molecule has 0 radical (unpaired) electrons. The number of nitrogens with one attached hydrogen (secondary N) is 2. The van der Waals surface area contributed by atoms with Crippen molar-refractivity contribution >= 4 is 32.6 Å². The summed E-state index contributed by atoms with van der Waals surface area (Å²) in [6.07, 6.45) is 2.21. The maximum absolute atomic E-state index is 12.2. The predicted molar refractivity (Wildman–Crippen MR) is 103 cm³/mol. The molecule has 2 aromatic rings. The molecule has 1 fully saturated rings. The van der Waals surface area contributed by atoms with Gasteiger partial charge in [0.25, 0.3) is 0 Å². The van der Waals surface area contributed by atoms with Gasteiger partial charge < -0.3 is 0 Å². The topological polar surface area (TPSA) is 95.6 Å². The van der Waals surface area contributed by atoms with Gasteiger partial charge in [0.05, 0.1) is 12.7 Å². The molecule has 0 spiro atoms. The average Bonchev–Trinajstić information content (AvgIpc) is 2.66. The van der Waals surface area contributed by atoms with Gasteiger partial charge in [0, 0.05) is 19.0 Å². The monoisotopic (exact) mass is 389 g/mol. The van der Waals surface area contributed by atoms with Crippen molar-refractivity contribution in [3.05, 3.63) is 48.0 Å². The number of benzene rings is 2. The summed E-state index contributed by atoms with van der Waals surface area (Å²) in [4.78, 5) is 24.4. The lowest BCUT2D eigenvalue weighted by Crippen LogP contribution is -2.48. The van der Waals surface area contributed by atoms with Crippen LogP contribution in [0.3, 0.4) is 0 Å². The highest BCUT2D eigenvalue weighted by Gasteiger charge is 2.29. The molecule has 1 aliphatic heterocycles. The Morgan fingerprint density at radius 2 is 1.70 bits per heavy atom. The Morgan fingerprint density at radius 1 is 1.04 bits per heavy atom. The van der Waals surface area contributed by atoms with Gasteiger partial charge >= 0.3 is 0 Å². The number of fused-ring (bicyclic) bond motifs is 1. The lowest BCUT2D eigenvalue weighted by Gasteiger charge is -2.29. The third kappa shape index (κ3) is 4.84. The van der Waals surface area contributed by atoms with Gasteiger partial charge in [0.1, 0.15) is 0 Å². The standard InChI is InChI=1S/C19H23N3O4S/c1-27(25,26)22-11-9-15(10-12-22)19(24)21-20-18(23)13-16-7-4-6-14-5-2-3-8-17(14)16/h2-8,15H,9-13H2,1H3,(H,20,23)(H,21,24). The minimum Gasteiger partial charge on any atom is -0.273 e. The number of amides is 2. The molecule has 0 aromatic heterocycles. The van der Waals surface area contributed by atoms with Crippen molar-refractivity contribution in [3.8, 4) is 0 Å². The number of carbonyl (C=O) groups excluding carboxylic acids is 2. The lowest BCUT2D eigenvalue weighted by atomic mass is 9.97. The second-order valence-electron chi connectivity index (χ2n) is 6.79. The van der Waals surface area contributed by atoms with Crippen LogP contribution in [0.4, 0.5) is 0 Å². The summed E-state index contributed by atoms with van der Waals surface area (Å²) >= 11 is 0. The van der Waals surface area contributed by atoms with Crippen molar-refractivity contribution in [2.75, 3.05) is 19.3 Å². The van der Waals surface area contributed by atoms with Crippen LogP contribution in [0.25, 0.3) is 10.8 Å². The molecule has 0 saturated carbocycles. The van der Waals surface area contributed by atoms with Crippen LogP contribution in [0.15, 0.2) is 42.5 Å². The second-order valence-corrected chi connectivity index (χ2v) is 8.77. The Morgan fingerprint density at radius 3 is 2.41 bits per heavy atom. The molecular weight excluding hydrogens is 366 g/mol. The summed E-state index contributed by atoms with van der Waals surface area (Å²) in [5.74, 6) is -0.886. The molecule has 8 heteroatoms.